The quantitative estimate of drug-likeness (QED) is 0.782. The summed E-state index contributed by atoms with van der Waals surface area (Å²) in [7, 11) is 0. The zero-order valence-electron chi connectivity index (χ0n) is 11.7. The van der Waals surface area contributed by atoms with E-state index in [1.54, 1.807) is 0 Å². The minimum absolute atomic E-state index is 0.0746. The lowest BCUT2D eigenvalue weighted by atomic mass is 9.82. The third kappa shape index (κ3) is 5.42. The summed E-state index contributed by atoms with van der Waals surface area (Å²) in [6, 6.07) is 0. The molecular formula is C14H25NO2S. The van der Waals surface area contributed by atoms with E-state index < -0.39 is 0 Å². The first-order chi connectivity index (χ1) is 8.50. The molecule has 1 fully saturated rings. The van der Waals surface area contributed by atoms with Crippen LogP contribution in [0.2, 0.25) is 0 Å². The van der Waals surface area contributed by atoms with Gasteiger partial charge in [-0.2, -0.15) is 0 Å². The molecule has 0 spiro atoms. The Balaban J connectivity index is 2.12. The van der Waals surface area contributed by atoms with Crippen molar-refractivity contribution in [3.63, 3.8) is 0 Å². The highest BCUT2D eigenvalue weighted by molar-refractivity contribution is 8.13. The molecule has 0 atom stereocenters. The molecule has 0 bridgehead atoms. The van der Waals surface area contributed by atoms with Crippen molar-refractivity contribution in [1.82, 2.24) is 5.32 Å². The van der Waals surface area contributed by atoms with E-state index >= 15 is 0 Å². The first-order valence-corrected chi connectivity index (χ1v) is 7.93. The van der Waals surface area contributed by atoms with Gasteiger partial charge in [0.1, 0.15) is 0 Å². The zero-order chi connectivity index (χ0) is 13.5. The number of nitrogens with one attached hydrogen (secondary N) is 1. The fourth-order valence-corrected chi connectivity index (χ4v) is 2.90. The van der Waals surface area contributed by atoms with Crippen molar-refractivity contribution >= 4 is 22.8 Å². The molecule has 4 heteroatoms. The zero-order valence-corrected chi connectivity index (χ0v) is 12.5. The fourth-order valence-electron chi connectivity index (χ4n) is 2.16. The Hall–Kier alpha value is -0.510. The average Bonchev–Trinajstić information content (AvgIpc) is 2.34. The first kappa shape index (κ1) is 15.5. The lowest BCUT2D eigenvalue weighted by molar-refractivity contribution is -0.126. The van der Waals surface area contributed by atoms with E-state index in [1.165, 1.54) is 24.6 Å². The Morgan fingerprint density at radius 3 is 2.39 bits per heavy atom. The Morgan fingerprint density at radius 1 is 1.22 bits per heavy atom. The van der Waals surface area contributed by atoms with Crippen molar-refractivity contribution in [2.45, 2.75) is 46.5 Å². The molecule has 1 aliphatic rings. The molecule has 0 aromatic heterocycles. The molecule has 0 aromatic carbocycles. The second-order valence-corrected chi connectivity index (χ2v) is 6.67. The minimum Gasteiger partial charge on any atom is -0.355 e. The van der Waals surface area contributed by atoms with Crippen LogP contribution in [0.4, 0.5) is 0 Å². The maximum atomic E-state index is 11.9. The van der Waals surface area contributed by atoms with Crippen LogP contribution < -0.4 is 5.32 Å². The molecule has 104 valence electrons. The van der Waals surface area contributed by atoms with Gasteiger partial charge in [-0.25, -0.2) is 0 Å². The molecular weight excluding hydrogens is 246 g/mol. The van der Waals surface area contributed by atoms with E-state index in [1.807, 2.05) is 13.8 Å². The van der Waals surface area contributed by atoms with E-state index in [2.05, 4.69) is 12.2 Å². The summed E-state index contributed by atoms with van der Waals surface area (Å²) in [6.07, 6.45) is 4.37. The number of carbonyl (C=O) groups excluding carboxylic acids is 2. The Bertz CT molecular complexity index is 284. The molecule has 0 heterocycles. The number of thioether (sulfide) groups is 1. The number of rotatable bonds is 5. The molecule has 1 rings (SSSR count). The molecule has 18 heavy (non-hydrogen) atoms. The molecule has 1 aliphatic carbocycles. The van der Waals surface area contributed by atoms with Crippen LogP contribution in [-0.2, 0) is 9.59 Å². The molecule has 0 aliphatic heterocycles. The van der Waals surface area contributed by atoms with Gasteiger partial charge in [0.2, 0.25) is 5.91 Å². The topological polar surface area (TPSA) is 46.2 Å². The van der Waals surface area contributed by atoms with Gasteiger partial charge in [-0.3, -0.25) is 9.59 Å². The van der Waals surface area contributed by atoms with Gasteiger partial charge < -0.3 is 5.32 Å². The van der Waals surface area contributed by atoms with Gasteiger partial charge in [0, 0.05) is 24.1 Å². The third-order valence-electron chi connectivity index (χ3n) is 3.50. The van der Waals surface area contributed by atoms with Crippen LogP contribution in [0.15, 0.2) is 0 Å². The number of carbonyl (C=O) groups is 2. The van der Waals surface area contributed by atoms with Crippen molar-refractivity contribution < 1.29 is 9.59 Å². The van der Waals surface area contributed by atoms with Gasteiger partial charge in [0.15, 0.2) is 5.12 Å². The summed E-state index contributed by atoms with van der Waals surface area (Å²) in [5.41, 5.74) is 0. The van der Waals surface area contributed by atoms with E-state index in [9.17, 15) is 9.59 Å². The summed E-state index contributed by atoms with van der Waals surface area (Å²) in [4.78, 5) is 23.3. The largest absolute Gasteiger partial charge is 0.355 e. The summed E-state index contributed by atoms with van der Waals surface area (Å²) in [6.45, 7) is 6.66. The monoisotopic (exact) mass is 271 g/mol. The van der Waals surface area contributed by atoms with E-state index in [-0.39, 0.29) is 22.9 Å². The summed E-state index contributed by atoms with van der Waals surface area (Å²) >= 11 is 1.32. The summed E-state index contributed by atoms with van der Waals surface area (Å²) in [5.74, 6) is 1.91. The molecule has 0 saturated heterocycles. The van der Waals surface area contributed by atoms with E-state index in [0.29, 0.717) is 12.3 Å². The van der Waals surface area contributed by atoms with Crippen LogP contribution in [0, 0.1) is 17.8 Å². The second-order valence-electron chi connectivity index (χ2n) is 5.57. The van der Waals surface area contributed by atoms with Crippen LogP contribution in [0.25, 0.3) is 0 Å². The third-order valence-corrected chi connectivity index (χ3v) is 4.67. The van der Waals surface area contributed by atoms with Crippen LogP contribution in [-0.4, -0.2) is 23.3 Å². The van der Waals surface area contributed by atoms with Crippen molar-refractivity contribution in [2.75, 3.05) is 12.3 Å². The predicted molar refractivity (Wildman–Crippen MR) is 76.4 cm³/mol. The SMILES string of the molecule is CC1CCC(C(=O)NCCSC(=O)C(C)C)CC1. The lowest BCUT2D eigenvalue weighted by Gasteiger charge is -2.25. The van der Waals surface area contributed by atoms with Crippen LogP contribution in [0.3, 0.4) is 0 Å². The van der Waals surface area contributed by atoms with E-state index in [4.69, 9.17) is 0 Å². The Kier molecular flexibility index (Phi) is 6.76. The molecule has 1 N–H and O–H groups in total. The Morgan fingerprint density at radius 2 is 1.83 bits per heavy atom. The summed E-state index contributed by atoms with van der Waals surface area (Å²) in [5, 5.41) is 3.15. The molecule has 1 amide bonds. The standard InChI is InChI=1S/C14H25NO2S/c1-10(2)14(17)18-9-8-15-13(16)12-6-4-11(3)5-7-12/h10-12H,4-9H2,1-3H3,(H,15,16). The van der Waals surface area contributed by atoms with Crippen molar-refractivity contribution in [3.05, 3.63) is 0 Å². The normalized spacial score (nSPS) is 24.0. The Labute approximate surface area is 114 Å². The number of hydrogen-bond donors (Lipinski definition) is 1. The smallest absolute Gasteiger partial charge is 0.223 e. The van der Waals surface area contributed by atoms with Crippen molar-refractivity contribution in [1.29, 1.82) is 0 Å². The molecule has 0 radical (unpaired) electrons. The number of hydrogen-bond acceptors (Lipinski definition) is 3. The van der Waals surface area contributed by atoms with Crippen LogP contribution in [0.5, 0.6) is 0 Å². The van der Waals surface area contributed by atoms with Crippen molar-refractivity contribution in [3.8, 4) is 0 Å². The minimum atomic E-state index is 0.0746. The van der Waals surface area contributed by atoms with Gasteiger partial charge in [0.05, 0.1) is 0 Å². The average molecular weight is 271 g/mol. The van der Waals surface area contributed by atoms with Gasteiger partial charge in [-0.1, -0.05) is 32.5 Å². The highest BCUT2D eigenvalue weighted by Gasteiger charge is 2.23. The highest BCUT2D eigenvalue weighted by atomic mass is 32.2. The summed E-state index contributed by atoms with van der Waals surface area (Å²) < 4.78 is 0. The lowest BCUT2D eigenvalue weighted by Crippen LogP contribution is -2.34. The van der Waals surface area contributed by atoms with Gasteiger partial charge in [0.25, 0.3) is 0 Å². The maximum Gasteiger partial charge on any atom is 0.223 e. The molecule has 0 unspecified atom stereocenters. The number of amides is 1. The van der Waals surface area contributed by atoms with Gasteiger partial charge in [-0.05, 0) is 31.6 Å². The van der Waals surface area contributed by atoms with Crippen LogP contribution in [0.1, 0.15) is 46.5 Å². The highest BCUT2D eigenvalue weighted by Crippen LogP contribution is 2.28. The maximum absolute atomic E-state index is 11.9. The van der Waals surface area contributed by atoms with Gasteiger partial charge >= 0.3 is 0 Å². The first-order valence-electron chi connectivity index (χ1n) is 6.95. The molecule has 3 nitrogen and oxygen atoms in total. The molecule has 0 aromatic rings. The molecule has 1 saturated carbocycles. The van der Waals surface area contributed by atoms with E-state index in [0.717, 1.165) is 18.8 Å². The predicted octanol–water partition coefficient (Wildman–Crippen LogP) is 2.84. The van der Waals surface area contributed by atoms with Crippen LogP contribution >= 0.6 is 11.8 Å². The fraction of sp³-hybridized carbons (Fsp3) is 0.857. The van der Waals surface area contributed by atoms with Crippen molar-refractivity contribution in [2.24, 2.45) is 17.8 Å². The van der Waals surface area contributed by atoms with Gasteiger partial charge in [-0.15, -0.1) is 0 Å². The second kappa shape index (κ2) is 7.82.